The summed E-state index contributed by atoms with van der Waals surface area (Å²) in [6.45, 7) is 4.46. The molecule has 0 aliphatic rings. The van der Waals surface area contributed by atoms with Gasteiger partial charge in [-0.25, -0.2) is 0 Å². The Labute approximate surface area is 173 Å². The van der Waals surface area contributed by atoms with Crippen LogP contribution in [0.5, 0.6) is 0 Å². The largest absolute Gasteiger partial charge is 0.343 e. The third-order valence-electron chi connectivity index (χ3n) is 4.48. The average molecular weight is 416 g/mol. The second-order valence-electron chi connectivity index (χ2n) is 7.24. The molecule has 3 aromatic rings. The Balaban J connectivity index is 1.69. The predicted molar refractivity (Wildman–Crippen MR) is 111 cm³/mol. The second kappa shape index (κ2) is 9.15. The van der Waals surface area contributed by atoms with Gasteiger partial charge in [-0.2, -0.15) is 4.98 Å². The minimum absolute atomic E-state index is 0.0552. The first-order valence-electron chi connectivity index (χ1n) is 9.33. The fraction of sp³-hybridized carbons (Fsp3) is 0.400. The van der Waals surface area contributed by atoms with Gasteiger partial charge in [0.05, 0.1) is 6.54 Å². The molecule has 0 aliphatic heterocycles. The maximum Gasteiger partial charge on any atom is 0.263 e. The number of pyridine rings is 1. The SMILES string of the molecule is Cc1ccn(C(C)CN(C)C)c(=O)c1C(=O)NCc1nc(Cc2cccs2)no1. The number of aryl methyl sites for hydroxylation is 1. The van der Waals surface area contributed by atoms with Gasteiger partial charge in [0.1, 0.15) is 5.56 Å². The number of nitrogens with one attached hydrogen (secondary N) is 1. The van der Waals surface area contributed by atoms with E-state index in [0.29, 0.717) is 30.2 Å². The number of rotatable bonds is 8. The molecule has 9 heteroatoms. The van der Waals surface area contributed by atoms with Crippen LogP contribution in [-0.4, -0.2) is 46.2 Å². The quantitative estimate of drug-likeness (QED) is 0.607. The fourth-order valence-electron chi connectivity index (χ4n) is 3.13. The number of likely N-dealkylation sites (N-methyl/N-ethyl adjacent to an activating group) is 1. The van der Waals surface area contributed by atoms with E-state index < -0.39 is 5.91 Å². The Morgan fingerprint density at radius 2 is 2.17 bits per heavy atom. The molecule has 0 radical (unpaired) electrons. The van der Waals surface area contributed by atoms with Crippen molar-refractivity contribution >= 4 is 17.2 Å². The van der Waals surface area contributed by atoms with Gasteiger partial charge < -0.3 is 19.3 Å². The first-order valence-corrected chi connectivity index (χ1v) is 10.2. The number of carbonyl (C=O) groups excluding carboxylic acids is 1. The first kappa shape index (κ1) is 20.9. The van der Waals surface area contributed by atoms with Crippen LogP contribution in [0.1, 0.15) is 45.5 Å². The highest BCUT2D eigenvalue weighted by Gasteiger charge is 2.19. The van der Waals surface area contributed by atoms with E-state index in [9.17, 15) is 9.59 Å². The van der Waals surface area contributed by atoms with E-state index in [1.54, 1.807) is 35.1 Å². The molecule has 0 saturated heterocycles. The highest BCUT2D eigenvalue weighted by atomic mass is 32.1. The highest BCUT2D eigenvalue weighted by molar-refractivity contribution is 7.09. The Morgan fingerprint density at radius 3 is 2.86 bits per heavy atom. The number of nitrogens with zero attached hydrogens (tertiary/aromatic N) is 4. The molecule has 0 fully saturated rings. The zero-order valence-electron chi connectivity index (χ0n) is 17.0. The van der Waals surface area contributed by atoms with Crippen LogP contribution in [-0.2, 0) is 13.0 Å². The third kappa shape index (κ3) is 5.18. The van der Waals surface area contributed by atoms with Crippen LogP contribution in [0.4, 0.5) is 0 Å². The number of hydrogen-bond acceptors (Lipinski definition) is 7. The second-order valence-corrected chi connectivity index (χ2v) is 8.27. The molecule has 29 heavy (non-hydrogen) atoms. The molecule has 1 N–H and O–H groups in total. The van der Waals surface area contributed by atoms with Gasteiger partial charge in [0.2, 0.25) is 5.89 Å². The van der Waals surface area contributed by atoms with Crippen LogP contribution >= 0.6 is 11.3 Å². The van der Waals surface area contributed by atoms with E-state index >= 15 is 0 Å². The van der Waals surface area contributed by atoms with Crippen molar-refractivity contribution in [2.45, 2.75) is 32.9 Å². The Kier molecular flexibility index (Phi) is 6.60. The van der Waals surface area contributed by atoms with Crippen LogP contribution in [0, 0.1) is 6.92 Å². The molecule has 0 spiro atoms. The smallest absolute Gasteiger partial charge is 0.263 e. The first-order chi connectivity index (χ1) is 13.8. The average Bonchev–Trinajstić information content (AvgIpc) is 3.31. The van der Waals surface area contributed by atoms with Gasteiger partial charge in [-0.15, -0.1) is 11.3 Å². The molecular weight excluding hydrogens is 390 g/mol. The van der Waals surface area contributed by atoms with E-state index in [2.05, 4.69) is 15.5 Å². The molecule has 1 amide bonds. The number of thiophene rings is 1. The molecule has 0 bridgehead atoms. The molecule has 3 rings (SSSR count). The topological polar surface area (TPSA) is 93.3 Å². The summed E-state index contributed by atoms with van der Waals surface area (Å²) in [7, 11) is 3.89. The number of carbonyl (C=O) groups is 1. The van der Waals surface area contributed by atoms with Gasteiger partial charge in [0.25, 0.3) is 11.5 Å². The lowest BCUT2D eigenvalue weighted by molar-refractivity contribution is 0.0943. The van der Waals surface area contributed by atoms with Gasteiger partial charge in [0, 0.05) is 30.1 Å². The molecule has 8 nitrogen and oxygen atoms in total. The summed E-state index contributed by atoms with van der Waals surface area (Å²) in [5.74, 6) is 0.421. The van der Waals surface area contributed by atoms with Gasteiger partial charge >= 0.3 is 0 Å². The fourth-order valence-corrected chi connectivity index (χ4v) is 3.83. The van der Waals surface area contributed by atoms with Crippen molar-refractivity contribution in [1.29, 1.82) is 0 Å². The van der Waals surface area contributed by atoms with Crippen molar-refractivity contribution in [2.75, 3.05) is 20.6 Å². The summed E-state index contributed by atoms with van der Waals surface area (Å²) >= 11 is 1.62. The third-order valence-corrected chi connectivity index (χ3v) is 5.36. The molecular formula is C20H25N5O3S. The van der Waals surface area contributed by atoms with Crippen LogP contribution in [0.3, 0.4) is 0 Å². The summed E-state index contributed by atoms with van der Waals surface area (Å²) in [6.07, 6.45) is 2.32. The van der Waals surface area contributed by atoms with Crippen LogP contribution < -0.4 is 10.9 Å². The number of hydrogen-bond donors (Lipinski definition) is 1. The number of amides is 1. The Morgan fingerprint density at radius 1 is 1.38 bits per heavy atom. The highest BCUT2D eigenvalue weighted by Crippen LogP contribution is 2.13. The van der Waals surface area contributed by atoms with Crippen molar-refractivity contribution < 1.29 is 9.32 Å². The summed E-state index contributed by atoms with van der Waals surface area (Å²) in [5, 5.41) is 8.65. The zero-order chi connectivity index (χ0) is 21.0. The molecule has 1 atom stereocenters. The molecule has 1 unspecified atom stereocenters. The van der Waals surface area contributed by atoms with Gasteiger partial charge in [-0.3, -0.25) is 9.59 Å². The summed E-state index contributed by atoms with van der Waals surface area (Å²) in [6, 6.07) is 5.70. The molecule has 154 valence electrons. The monoisotopic (exact) mass is 415 g/mol. The van der Waals surface area contributed by atoms with Crippen LogP contribution in [0.25, 0.3) is 0 Å². The predicted octanol–water partition coefficient (Wildman–Crippen LogP) is 2.24. The maximum absolute atomic E-state index is 12.9. The van der Waals surface area contributed by atoms with Gasteiger partial charge in [0.15, 0.2) is 5.82 Å². The van der Waals surface area contributed by atoms with Crippen molar-refractivity contribution in [3.05, 3.63) is 67.8 Å². The minimum Gasteiger partial charge on any atom is -0.343 e. The van der Waals surface area contributed by atoms with Crippen molar-refractivity contribution in [3.8, 4) is 0 Å². The Hall–Kier alpha value is -2.78. The molecule has 0 saturated carbocycles. The van der Waals surface area contributed by atoms with E-state index in [1.807, 2.05) is 43.4 Å². The summed E-state index contributed by atoms with van der Waals surface area (Å²) in [5.41, 5.74) is 0.460. The van der Waals surface area contributed by atoms with Crippen LogP contribution in [0.15, 0.2) is 39.1 Å². The van der Waals surface area contributed by atoms with Crippen molar-refractivity contribution in [2.24, 2.45) is 0 Å². The number of aromatic nitrogens is 3. The van der Waals surface area contributed by atoms with E-state index in [1.165, 1.54) is 0 Å². The van der Waals surface area contributed by atoms with Gasteiger partial charge in [-0.05, 0) is 51.0 Å². The lowest BCUT2D eigenvalue weighted by Crippen LogP contribution is -2.36. The van der Waals surface area contributed by atoms with Crippen LogP contribution in [0.2, 0.25) is 0 Å². The lowest BCUT2D eigenvalue weighted by atomic mass is 10.1. The Bertz CT molecular complexity index is 1020. The molecule has 0 aromatic carbocycles. The zero-order valence-corrected chi connectivity index (χ0v) is 17.8. The lowest BCUT2D eigenvalue weighted by Gasteiger charge is -2.20. The maximum atomic E-state index is 12.9. The van der Waals surface area contributed by atoms with E-state index in [4.69, 9.17) is 4.52 Å². The van der Waals surface area contributed by atoms with E-state index in [-0.39, 0.29) is 23.7 Å². The molecule has 0 aliphatic carbocycles. The minimum atomic E-state index is -0.447. The summed E-state index contributed by atoms with van der Waals surface area (Å²) in [4.78, 5) is 33.0. The molecule has 3 aromatic heterocycles. The standard InChI is InChI=1S/C20H25N5O3S/c1-13-7-8-25(14(2)12-24(3)4)20(27)18(13)19(26)21-11-17-22-16(23-28-17)10-15-6-5-9-29-15/h5-9,14H,10-12H2,1-4H3,(H,21,26). The van der Waals surface area contributed by atoms with Crippen molar-refractivity contribution in [1.82, 2.24) is 24.9 Å². The summed E-state index contributed by atoms with van der Waals surface area (Å²) < 4.78 is 6.80. The van der Waals surface area contributed by atoms with E-state index in [0.717, 1.165) is 4.88 Å². The molecule has 3 heterocycles. The van der Waals surface area contributed by atoms with Crippen molar-refractivity contribution in [3.63, 3.8) is 0 Å². The normalized spacial score (nSPS) is 12.3. The van der Waals surface area contributed by atoms with Gasteiger partial charge in [-0.1, -0.05) is 11.2 Å².